The maximum Gasteiger partial charge on any atom is 0.0821 e. The van der Waals surface area contributed by atoms with Crippen molar-refractivity contribution in [3.8, 4) is 0 Å². The lowest BCUT2D eigenvalue weighted by Crippen LogP contribution is -2.27. The van der Waals surface area contributed by atoms with Crippen LogP contribution in [0.1, 0.15) is 23.8 Å². The molecular formula is C20H20OS. The van der Waals surface area contributed by atoms with Gasteiger partial charge in [0.2, 0.25) is 0 Å². The molecule has 0 amide bonds. The summed E-state index contributed by atoms with van der Waals surface area (Å²) in [4.78, 5) is 1.46. The molecular weight excluding hydrogens is 288 g/mol. The average molecular weight is 308 g/mol. The molecule has 2 aromatic rings. The first-order valence-corrected chi connectivity index (χ1v) is 8.79. The zero-order valence-electron chi connectivity index (χ0n) is 12.7. The zero-order valence-corrected chi connectivity index (χ0v) is 13.5. The van der Waals surface area contributed by atoms with Crippen molar-refractivity contribution in [2.24, 2.45) is 11.8 Å². The van der Waals surface area contributed by atoms with Crippen LogP contribution in [0.25, 0.3) is 16.2 Å². The Morgan fingerprint density at radius 3 is 2.91 bits per heavy atom. The predicted molar refractivity (Wildman–Crippen MR) is 95.1 cm³/mol. The van der Waals surface area contributed by atoms with E-state index in [0.29, 0.717) is 5.92 Å². The summed E-state index contributed by atoms with van der Waals surface area (Å²) in [5, 5.41) is 12.2. The Kier molecular flexibility index (Phi) is 3.51. The van der Waals surface area contributed by atoms with Gasteiger partial charge in [0.15, 0.2) is 0 Å². The van der Waals surface area contributed by atoms with E-state index in [1.807, 2.05) is 11.3 Å². The summed E-state index contributed by atoms with van der Waals surface area (Å²) >= 11 is 1.90. The molecule has 1 N–H and O–H groups in total. The molecule has 0 saturated carbocycles. The van der Waals surface area contributed by atoms with E-state index in [9.17, 15) is 5.11 Å². The van der Waals surface area contributed by atoms with Crippen LogP contribution in [0.5, 0.6) is 0 Å². The molecule has 0 aliphatic heterocycles. The predicted octanol–water partition coefficient (Wildman–Crippen LogP) is 4.97. The number of allylic oxidation sites excluding steroid dienone is 3. The second-order valence-corrected chi connectivity index (χ2v) is 7.48. The number of hydrogen-bond donors (Lipinski definition) is 1. The minimum absolute atomic E-state index is 0.213. The van der Waals surface area contributed by atoms with Gasteiger partial charge in [-0.1, -0.05) is 55.5 Å². The Labute approximate surface area is 135 Å². The third-order valence-electron chi connectivity index (χ3n) is 4.84. The van der Waals surface area contributed by atoms with E-state index < -0.39 is 0 Å². The highest BCUT2D eigenvalue weighted by Crippen LogP contribution is 2.41. The van der Waals surface area contributed by atoms with E-state index in [2.05, 4.69) is 61.6 Å². The van der Waals surface area contributed by atoms with Gasteiger partial charge < -0.3 is 5.11 Å². The van der Waals surface area contributed by atoms with Gasteiger partial charge in [-0.15, -0.1) is 11.3 Å². The maximum absolute atomic E-state index is 10.9. The summed E-state index contributed by atoms with van der Waals surface area (Å²) in [5.41, 5.74) is 2.53. The number of aliphatic hydroxyl groups is 1. The molecule has 2 aliphatic carbocycles. The minimum Gasteiger partial charge on any atom is -0.388 e. The van der Waals surface area contributed by atoms with Gasteiger partial charge in [0.1, 0.15) is 0 Å². The number of benzene rings is 1. The molecule has 3 atom stereocenters. The van der Waals surface area contributed by atoms with Crippen molar-refractivity contribution in [3.05, 3.63) is 64.6 Å². The molecule has 3 unspecified atom stereocenters. The first-order valence-electron chi connectivity index (χ1n) is 7.97. The summed E-state index contributed by atoms with van der Waals surface area (Å²) in [5.74, 6) is 0.625. The van der Waals surface area contributed by atoms with Crippen LogP contribution in [0.4, 0.5) is 0 Å². The van der Waals surface area contributed by atoms with Crippen LogP contribution in [0.3, 0.4) is 0 Å². The van der Waals surface area contributed by atoms with Crippen LogP contribution in [0.2, 0.25) is 0 Å². The van der Waals surface area contributed by atoms with Gasteiger partial charge in [-0.3, -0.25) is 0 Å². The van der Waals surface area contributed by atoms with Gasteiger partial charge in [0.25, 0.3) is 0 Å². The summed E-state index contributed by atoms with van der Waals surface area (Å²) < 4.78 is 1.35. The summed E-state index contributed by atoms with van der Waals surface area (Å²) in [6.45, 7) is 2.24. The molecule has 1 aromatic carbocycles. The molecule has 0 spiro atoms. The smallest absolute Gasteiger partial charge is 0.0821 e. The van der Waals surface area contributed by atoms with Crippen molar-refractivity contribution in [1.82, 2.24) is 0 Å². The Balaban J connectivity index is 1.76. The molecule has 0 fully saturated rings. The number of fused-ring (bicyclic) bond motifs is 3. The Bertz CT molecular complexity index is 793. The van der Waals surface area contributed by atoms with Gasteiger partial charge in [0, 0.05) is 15.5 Å². The second kappa shape index (κ2) is 5.53. The summed E-state index contributed by atoms with van der Waals surface area (Å²) in [6, 6.07) is 8.60. The molecule has 2 aliphatic rings. The topological polar surface area (TPSA) is 20.2 Å². The molecule has 0 saturated heterocycles. The third kappa shape index (κ3) is 2.27. The van der Waals surface area contributed by atoms with Gasteiger partial charge in [-0.05, 0) is 41.3 Å². The molecule has 2 heteroatoms. The summed E-state index contributed by atoms with van der Waals surface area (Å²) in [6.07, 6.45) is 12.3. The fraction of sp³-hybridized carbons (Fsp3) is 0.300. The van der Waals surface area contributed by atoms with Crippen LogP contribution >= 0.6 is 11.3 Å². The molecule has 1 aromatic heterocycles. The Hall–Kier alpha value is -1.64. The fourth-order valence-electron chi connectivity index (χ4n) is 3.59. The zero-order chi connectivity index (χ0) is 15.1. The van der Waals surface area contributed by atoms with E-state index in [-0.39, 0.29) is 12.0 Å². The van der Waals surface area contributed by atoms with Crippen molar-refractivity contribution >= 4 is 27.5 Å². The Morgan fingerprint density at radius 2 is 2.09 bits per heavy atom. The highest BCUT2D eigenvalue weighted by Gasteiger charge is 2.29. The van der Waals surface area contributed by atoms with Gasteiger partial charge in [-0.25, -0.2) is 0 Å². The molecule has 1 nitrogen and oxygen atoms in total. The van der Waals surface area contributed by atoms with Crippen LogP contribution in [-0.2, 0) is 6.42 Å². The molecule has 1 heterocycles. The van der Waals surface area contributed by atoms with Gasteiger partial charge in [-0.2, -0.15) is 0 Å². The number of thiophene rings is 1. The lowest BCUT2D eigenvalue weighted by atomic mass is 9.79. The lowest BCUT2D eigenvalue weighted by Gasteiger charge is -2.29. The molecule has 4 rings (SSSR count). The first-order chi connectivity index (χ1) is 10.7. The van der Waals surface area contributed by atoms with Crippen molar-refractivity contribution < 1.29 is 5.11 Å². The van der Waals surface area contributed by atoms with E-state index in [4.69, 9.17) is 0 Å². The van der Waals surface area contributed by atoms with Crippen molar-refractivity contribution in [2.75, 3.05) is 0 Å². The standard InChI is InChI=1S/C20H20OS/c1-13-11-19-17(15-9-5-6-10-18(15)22-19)12-16(13)20(21)14-7-3-2-4-8-14/h2-7,9-10,12-14,20-21H,8,11H2,1H3. The normalized spacial score (nSPS) is 25.1. The highest BCUT2D eigenvalue weighted by molar-refractivity contribution is 7.19. The maximum atomic E-state index is 10.9. The van der Waals surface area contributed by atoms with Crippen molar-refractivity contribution in [3.63, 3.8) is 0 Å². The number of rotatable bonds is 2. The van der Waals surface area contributed by atoms with Gasteiger partial charge >= 0.3 is 0 Å². The van der Waals surface area contributed by atoms with Crippen LogP contribution in [0.15, 0.2) is 54.1 Å². The number of aliphatic hydroxyl groups excluding tert-OH is 1. The fourth-order valence-corrected chi connectivity index (χ4v) is 4.90. The highest BCUT2D eigenvalue weighted by atomic mass is 32.1. The molecule has 0 radical (unpaired) electrons. The van der Waals surface area contributed by atoms with Crippen LogP contribution in [0, 0.1) is 11.8 Å². The van der Waals surface area contributed by atoms with E-state index >= 15 is 0 Å². The van der Waals surface area contributed by atoms with Crippen LogP contribution in [-0.4, -0.2) is 11.2 Å². The largest absolute Gasteiger partial charge is 0.388 e. The Morgan fingerprint density at radius 1 is 1.23 bits per heavy atom. The summed E-state index contributed by atoms with van der Waals surface area (Å²) in [7, 11) is 0. The molecule has 112 valence electrons. The second-order valence-electron chi connectivity index (χ2n) is 6.34. The molecule has 0 bridgehead atoms. The van der Waals surface area contributed by atoms with Crippen molar-refractivity contribution in [1.29, 1.82) is 0 Å². The van der Waals surface area contributed by atoms with Crippen LogP contribution < -0.4 is 0 Å². The van der Waals surface area contributed by atoms with E-state index in [0.717, 1.165) is 12.8 Å². The number of hydrogen-bond acceptors (Lipinski definition) is 2. The van der Waals surface area contributed by atoms with Gasteiger partial charge in [0.05, 0.1) is 6.10 Å². The average Bonchev–Trinajstić information content (AvgIpc) is 2.91. The van der Waals surface area contributed by atoms with E-state index in [1.54, 1.807) is 0 Å². The third-order valence-corrected chi connectivity index (χ3v) is 6.05. The van der Waals surface area contributed by atoms with E-state index in [1.165, 1.54) is 26.1 Å². The first kappa shape index (κ1) is 14.0. The quantitative estimate of drug-likeness (QED) is 0.830. The minimum atomic E-state index is -0.372. The molecule has 22 heavy (non-hydrogen) atoms. The SMILES string of the molecule is CC1Cc2sc3ccccc3c2C=C1C(O)C1C=CC=CC1. The monoisotopic (exact) mass is 308 g/mol. The lowest BCUT2D eigenvalue weighted by molar-refractivity contribution is 0.155. The van der Waals surface area contributed by atoms with Crippen molar-refractivity contribution in [2.45, 2.75) is 25.9 Å².